The maximum Gasteiger partial charge on any atom is 0.258 e. The number of rotatable bonds is 6. The highest BCUT2D eigenvalue weighted by atomic mass is 16.5. The number of nitrogens with zero attached hydrogens (tertiary/aromatic N) is 2. The third-order valence-electron chi connectivity index (χ3n) is 4.43. The Kier molecular flexibility index (Phi) is 5.89. The summed E-state index contributed by atoms with van der Waals surface area (Å²) in [7, 11) is 1.56. The first-order chi connectivity index (χ1) is 13.5. The molecule has 2 N–H and O–H groups in total. The molecule has 144 valence electrons. The number of hydrogen-bond donors (Lipinski definition) is 2. The molecule has 0 bridgehead atoms. The van der Waals surface area contributed by atoms with E-state index in [1.807, 2.05) is 31.2 Å². The van der Waals surface area contributed by atoms with Crippen LogP contribution in [0.2, 0.25) is 0 Å². The molecule has 0 atom stereocenters. The molecular formula is C22H24N4O2. The van der Waals surface area contributed by atoms with E-state index in [4.69, 9.17) is 4.74 Å². The lowest BCUT2D eigenvalue weighted by molar-refractivity contribution is 0.102. The number of nitrogens with one attached hydrogen (secondary N) is 2. The summed E-state index contributed by atoms with van der Waals surface area (Å²) in [6, 6.07) is 13.4. The Morgan fingerprint density at radius 3 is 2.43 bits per heavy atom. The van der Waals surface area contributed by atoms with Gasteiger partial charge in [-0.15, -0.1) is 0 Å². The van der Waals surface area contributed by atoms with Crippen LogP contribution >= 0.6 is 0 Å². The van der Waals surface area contributed by atoms with Gasteiger partial charge in [0, 0.05) is 18.1 Å². The van der Waals surface area contributed by atoms with E-state index in [2.05, 4.69) is 40.5 Å². The van der Waals surface area contributed by atoms with Crippen molar-refractivity contribution in [3.05, 3.63) is 71.5 Å². The Bertz CT molecular complexity index is 969. The quantitative estimate of drug-likeness (QED) is 0.639. The molecule has 0 spiro atoms. The lowest BCUT2D eigenvalue weighted by Gasteiger charge is -2.16. The van der Waals surface area contributed by atoms with Crippen molar-refractivity contribution in [1.82, 2.24) is 9.97 Å². The lowest BCUT2D eigenvalue weighted by Crippen LogP contribution is -2.14. The number of para-hydroxylation sites is 3. The molecule has 0 saturated heterocycles. The Hall–Kier alpha value is -3.41. The Morgan fingerprint density at radius 1 is 1.04 bits per heavy atom. The molecule has 0 aliphatic carbocycles. The highest BCUT2D eigenvalue weighted by molar-refractivity contribution is 6.04. The number of ether oxygens (including phenoxy) is 1. The van der Waals surface area contributed by atoms with Crippen LogP contribution in [0.3, 0.4) is 0 Å². The molecule has 2 aromatic carbocycles. The summed E-state index contributed by atoms with van der Waals surface area (Å²) in [5.74, 6) is 1.11. The van der Waals surface area contributed by atoms with E-state index in [-0.39, 0.29) is 5.91 Å². The minimum Gasteiger partial charge on any atom is -0.495 e. The molecule has 3 rings (SSSR count). The average Bonchev–Trinajstić information content (AvgIpc) is 2.70. The van der Waals surface area contributed by atoms with Crippen LogP contribution in [0.1, 0.15) is 41.3 Å². The summed E-state index contributed by atoms with van der Waals surface area (Å²) in [6.45, 7) is 6.33. The first-order valence-corrected chi connectivity index (χ1v) is 9.12. The van der Waals surface area contributed by atoms with Crippen molar-refractivity contribution in [2.24, 2.45) is 0 Å². The van der Waals surface area contributed by atoms with Gasteiger partial charge in [0.25, 0.3) is 5.91 Å². The minimum absolute atomic E-state index is 0.296. The number of anilines is 3. The van der Waals surface area contributed by atoms with Crippen molar-refractivity contribution in [3.63, 3.8) is 0 Å². The molecule has 1 heterocycles. The van der Waals surface area contributed by atoms with Crippen molar-refractivity contribution in [1.29, 1.82) is 0 Å². The number of hydrogen-bond acceptors (Lipinski definition) is 5. The Morgan fingerprint density at radius 2 is 1.75 bits per heavy atom. The van der Waals surface area contributed by atoms with Gasteiger partial charge in [-0.3, -0.25) is 4.79 Å². The van der Waals surface area contributed by atoms with Crippen LogP contribution in [-0.2, 0) is 0 Å². The fraction of sp³-hybridized carbons (Fsp3) is 0.227. The van der Waals surface area contributed by atoms with Crippen LogP contribution in [0, 0.1) is 6.92 Å². The van der Waals surface area contributed by atoms with Crippen molar-refractivity contribution >= 4 is 23.2 Å². The van der Waals surface area contributed by atoms with Crippen LogP contribution in [0.5, 0.6) is 5.75 Å². The second kappa shape index (κ2) is 8.52. The van der Waals surface area contributed by atoms with Crippen molar-refractivity contribution in [3.8, 4) is 5.75 Å². The van der Waals surface area contributed by atoms with Crippen LogP contribution in [0.4, 0.5) is 17.3 Å². The SMILES string of the molecule is COc1ccccc1NC(=O)c1cnc(Nc2c(C)cccc2C(C)C)nc1. The van der Waals surface area contributed by atoms with Crippen molar-refractivity contribution < 1.29 is 9.53 Å². The minimum atomic E-state index is -0.296. The van der Waals surface area contributed by atoms with E-state index in [0.29, 0.717) is 28.9 Å². The molecule has 6 nitrogen and oxygen atoms in total. The van der Waals surface area contributed by atoms with Crippen molar-refractivity contribution in [2.45, 2.75) is 26.7 Å². The normalized spacial score (nSPS) is 10.6. The van der Waals surface area contributed by atoms with Gasteiger partial charge in [-0.05, 0) is 36.1 Å². The van der Waals surface area contributed by atoms with Gasteiger partial charge < -0.3 is 15.4 Å². The summed E-state index contributed by atoms with van der Waals surface area (Å²) in [5.41, 5.74) is 4.28. The summed E-state index contributed by atoms with van der Waals surface area (Å²) in [4.78, 5) is 21.1. The average molecular weight is 376 g/mol. The molecule has 1 amide bonds. The standard InChI is InChI=1S/C22H24N4O2/c1-14(2)17-9-7-8-15(3)20(17)26-22-23-12-16(13-24-22)21(27)25-18-10-5-6-11-19(18)28-4/h5-14H,1-4H3,(H,25,27)(H,23,24,26). The van der Waals surface area contributed by atoms with E-state index in [9.17, 15) is 4.79 Å². The predicted molar refractivity (Wildman–Crippen MR) is 112 cm³/mol. The van der Waals surface area contributed by atoms with E-state index in [0.717, 1.165) is 11.3 Å². The third kappa shape index (κ3) is 4.28. The monoisotopic (exact) mass is 376 g/mol. The summed E-state index contributed by atoms with van der Waals surface area (Å²) < 4.78 is 5.25. The first-order valence-electron chi connectivity index (χ1n) is 9.12. The maximum atomic E-state index is 12.5. The zero-order valence-corrected chi connectivity index (χ0v) is 16.5. The van der Waals surface area contributed by atoms with Gasteiger partial charge in [0.05, 0.1) is 18.4 Å². The van der Waals surface area contributed by atoms with Gasteiger partial charge in [-0.25, -0.2) is 9.97 Å². The number of aryl methyl sites for hydroxylation is 1. The highest BCUT2D eigenvalue weighted by Crippen LogP contribution is 2.29. The van der Waals surface area contributed by atoms with E-state index in [1.54, 1.807) is 19.2 Å². The molecule has 0 aliphatic heterocycles. The van der Waals surface area contributed by atoms with Crippen LogP contribution in [-0.4, -0.2) is 23.0 Å². The van der Waals surface area contributed by atoms with Crippen LogP contribution < -0.4 is 15.4 Å². The molecule has 6 heteroatoms. The summed E-state index contributed by atoms with van der Waals surface area (Å²) >= 11 is 0. The molecule has 1 aromatic heterocycles. The number of aromatic nitrogens is 2. The number of benzene rings is 2. The molecule has 0 radical (unpaired) electrons. The first kappa shape index (κ1) is 19.4. The van der Waals surface area contributed by atoms with E-state index in [1.165, 1.54) is 18.0 Å². The maximum absolute atomic E-state index is 12.5. The Balaban J connectivity index is 1.76. The smallest absolute Gasteiger partial charge is 0.258 e. The van der Waals surface area contributed by atoms with E-state index < -0.39 is 0 Å². The largest absolute Gasteiger partial charge is 0.495 e. The van der Waals surface area contributed by atoms with Gasteiger partial charge in [0.15, 0.2) is 0 Å². The lowest BCUT2D eigenvalue weighted by atomic mass is 9.98. The van der Waals surface area contributed by atoms with E-state index >= 15 is 0 Å². The molecule has 28 heavy (non-hydrogen) atoms. The van der Waals surface area contributed by atoms with Gasteiger partial charge in [0.1, 0.15) is 5.75 Å². The Labute approximate surface area is 165 Å². The van der Waals surface area contributed by atoms with Gasteiger partial charge in [-0.1, -0.05) is 44.2 Å². The number of carbonyl (C=O) groups excluding carboxylic acids is 1. The number of amides is 1. The predicted octanol–water partition coefficient (Wildman–Crippen LogP) is 4.91. The second-order valence-electron chi connectivity index (χ2n) is 6.77. The third-order valence-corrected chi connectivity index (χ3v) is 4.43. The highest BCUT2D eigenvalue weighted by Gasteiger charge is 2.13. The molecular weight excluding hydrogens is 352 g/mol. The summed E-state index contributed by atoms with van der Waals surface area (Å²) in [5, 5.41) is 6.10. The topological polar surface area (TPSA) is 76.1 Å². The number of carbonyl (C=O) groups is 1. The molecule has 0 saturated carbocycles. The zero-order valence-electron chi connectivity index (χ0n) is 16.5. The van der Waals surface area contributed by atoms with Crippen LogP contribution in [0.15, 0.2) is 54.9 Å². The van der Waals surface area contributed by atoms with Gasteiger partial charge in [0.2, 0.25) is 5.95 Å². The fourth-order valence-corrected chi connectivity index (χ4v) is 2.91. The zero-order chi connectivity index (χ0) is 20.1. The summed E-state index contributed by atoms with van der Waals surface area (Å²) in [6.07, 6.45) is 3.01. The van der Waals surface area contributed by atoms with Gasteiger partial charge in [-0.2, -0.15) is 0 Å². The molecule has 3 aromatic rings. The van der Waals surface area contributed by atoms with Crippen molar-refractivity contribution in [2.75, 3.05) is 17.7 Å². The number of methoxy groups -OCH3 is 1. The van der Waals surface area contributed by atoms with Gasteiger partial charge >= 0.3 is 0 Å². The van der Waals surface area contributed by atoms with Crippen LogP contribution in [0.25, 0.3) is 0 Å². The fourth-order valence-electron chi connectivity index (χ4n) is 2.91. The molecule has 0 unspecified atom stereocenters. The second-order valence-corrected chi connectivity index (χ2v) is 6.77. The molecule has 0 aliphatic rings. The molecule has 0 fully saturated rings.